The van der Waals surface area contributed by atoms with Crippen LogP contribution in [0.25, 0.3) is 0 Å². The van der Waals surface area contributed by atoms with E-state index in [4.69, 9.17) is 5.73 Å². The lowest BCUT2D eigenvalue weighted by Gasteiger charge is -1.98. The summed E-state index contributed by atoms with van der Waals surface area (Å²) in [5, 5.41) is 0. The summed E-state index contributed by atoms with van der Waals surface area (Å²) in [7, 11) is 0. The van der Waals surface area contributed by atoms with Crippen molar-refractivity contribution in [1.29, 1.82) is 0 Å². The smallest absolute Gasteiger partial charge is 0.217 e. The quantitative estimate of drug-likeness (QED) is 0.222. The normalized spacial score (nSPS) is 11.0. The Morgan fingerprint density at radius 3 is 1.93 bits per heavy atom. The molecule has 0 aliphatic carbocycles. The topological polar surface area (TPSA) is 43.1 Å². The maximum absolute atomic E-state index is 10.5. The second-order valence-electron chi connectivity index (χ2n) is 7.68. The van der Waals surface area contributed by atoms with Crippen LogP contribution in [0.2, 0.25) is 0 Å². The molecular formula is C27H45NO. The Hall–Kier alpha value is -1.83. The molecule has 0 saturated carbocycles. The Balaban J connectivity index is 0.000000717. The van der Waals surface area contributed by atoms with Crippen LogP contribution in [-0.2, 0) is 11.2 Å². The summed E-state index contributed by atoms with van der Waals surface area (Å²) >= 11 is 0. The van der Waals surface area contributed by atoms with Crippen LogP contribution >= 0.6 is 0 Å². The van der Waals surface area contributed by atoms with Crippen molar-refractivity contribution in [1.82, 2.24) is 0 Å². The van der Waals surface area contributed by atoms with Crippen molar-refractivity contribution >= 4 is 5.91 Å². The molecule has 0 atom stereocenters. The van der Waals surface area contributed by atoms with Crippen molar-refractivity contribution in [3.63, 3.8) is 0 Å². The van der Waals surface area contributed by atoms with Gasteiger partial charge in [0.25, 0.3) is 0 Å². The Kier molecular flexibility index (Phi) is 21.0. The number of hydrogen-bond acceptors (Lipinski definition) is 1. The highest BCUT2D eigenvalue weighted by Crippen LogP contribution is 2.07. The Labute approximate surface area is 180 Å². The van der Waals surface area contributed by atoms with E-state index in [-0.39, 0.29) is 5.91 Å². The summed E-state index contributed by atoms with van der Waals surface area (Å²) in [5.74, 6) is -0.171. The molecular weight excluding hydrogens is 354 g/mol. The molecule has 0 radical (unpaired) electrons. The molecule has 1 aromatic carbocycles. The third-order valence-electron chi connectivity index (χ3n) is 4.76. The van der Waals surface area contributed by atoms with Crippen molar-refractivity contribution in [2.75, 3.05) is 0 Å². The summed E-state index contributed by atoms with van der Waals surface area (Å²) in [6, 6.07) is 10.6. The summed E-state index contributed by atoms with van der Waals surface area (Å²) < 4.78 is 0. The van der Waals surface area contributed by atoms with Crippen molar-refractivity contribution in [2.24, 2.45) is 5.73 Å². The third kappa shape index (κ3) is 22.3. The number of aryl methyl sites for hydroxylation is 1. The van der Waals surface area contributed by atoms with Gasteiger partial charge in [-0.1, -0.05) is 107 Å². The van der Waals surface area contributed by atoms with E-state index in [9.17, 15) is 4.79 Å². The van der Waals surface area contributed by atoms with Crippen LogP contribution in [0.3, 0.4) is 0 Å². The van der Waals surface area contributed by atoms with E-state index < -0.39 is 0 Å². The summed E-state index contributed by atoms with van der Waals surface area (Å²) in [6.45, 7) is 4.44. The third-order valence-corrected chi connectivity index (χ3v) is 4.76. The lowest BCUT2D eigenvalue weighted by atomic mass is 10.1. The number of amides is 1. The molecule has 2 nitrogen and oxygen atoms in total. The second-order valence-corrected chi connectivity index (χ2v) is 7.68. The number of primary amides is 1. The first-order valence-electron chi connectivity index (χ1n) is 11.8. The van der Waals surface area contributed by atoms with Gasteiger partial charge in [0, 0.05) is 6.42 Å². The van der Waals surface area contributed by atoms with Gasteiger partial charge < -0.3 is 5.73 Å². The molecule has 0 saturated heterocycles. The van der Waals surface area contributed by atoms with Gasteiger partial charge in [-0.25, -0.2) is 0 Å². The number of hydrogen-bond donors (Lipinski definition) is 1. The van der Waals surface area contributed by atoms with Gasteiger partial charge in [0.05, 0.1) is 0 Å². The average molecular weight is 400 g/mol. The molecule has 0 bridgehead atoms. The molecule has 164 valence electrons. The molecule has 2 heteroatoms. The van der Waals surface area contributed by atoms with Crippen LogP contribution < -0.4 is 5.73 Å². The molecule has 0 heterocycles. The largest absolute Gasteiger partial charge is 0.370 e. The van der Waals surface area contributed by atoms with Crippen molar-refractivity contribution < 1.29 is 4.79 Å². The number of carbonyl (C=O) groups excluding carboxylic acids is 1. The number of rotatable bonds is 16. The SMILES string of the molecule is CCCCC/C=C\C/C=C\CCCCCCCC(N)=O.CCCc1ccccc1. The van der Waals surface area contributed by atoms with Crippen LogP contribution in [0.4, 0.5) is 0 Å². The zero-order valence-electron chi connectivity index (χ0n) is 19.1. The van der Waals surface area contributed by atoms with Gasteiger partial charge in [-0.2, -0.15) is 0 Å². The highest BCUT2D eigenvalue weighted by Gasteiger charge is 1.94. The van der Waals surface area contributed by atoms with Crippen LogP contribution in [0, 0.1) is 0 Å². The van der Waals surface area contributed by atoms with Gasteiger partial charge >= 0.3 is 0 Å². The molecule has 0 aliphatic rings. The predicted molar refractivity (Wildman–Crippen MR) is 129 cm³/mol. The Morgan fingerprint density at radius 2 is 1.34 bits per heavy atom. The summed E-state index contributed by atoms with van der Waals surface area (Å²) in [4.78, 5) is 10.5. The minimum atomic E-state index is -0.171. The predicted octanol–water partition coefficient (Wildman–Crippen LogP) is 7.92. The standard InChI is InChI=1S/C18H33NO.C9H12/c1-2-3-4-5-6-7-8-9-10-11-12-13-14-15-16-17-18(19)20;1-2-6-9-7-4-3-5-8-9/h6-7,9-10H,2-5,8,11-17H2,1H3,(H2,19,20);3-5,7-8H,2,6H2,1H3/b7-6-,10-9-;. The molecule has 0 fully saturated rings. The van der Waals surface area contributed by atoms with E-state index in [1.165, 1.54) is 69.8 Å². The van der Waals surface area contributed by atoms with Gasteiger partial charge in [0.2, 0.25) is 5.91 Å². The first-order valence-corrected chi connectivity index (χ1v) is 11.8. The van der Waals surface area contributed by atoms with E-state index in [2.05, 4.69) is 68.5 Å². The highest BCUT2D eigenvalue weighted by atomic mass is 16.1. The first-order chi connectivity index (χ1) is 14.2. The lowest BCUT2D eigenvalue weighted by molar-refractivity contribution is -0.118. The molecule has 29 heavy (non-hydrogen) atoms. The number of allylic oxidation sites excluding steroid dienone is 4. The van der Waals surface area contributed by atoms with Gasteiger partial charge in [-0.3, -0.25) is 4.79 Å². The molecule has 2 N–H and O–H groups in total. The maximum Gasteiger partial charge on any atom is 0.217 e. The molecule has 1 rings (SSSR count). The van der Waals surface area contributed by atoms with Gasteiger partial charge in [0.15, 0.2) is 0 Å². The zero-order valence-corrected chi connectivity index (χ0v) is 19.1. The minimum Gasteiger partial charge on any atom is -0.370 e. The molecule has 0 aliphatic heterocycles. The molecule has 0 aromatic heterocycles. The van der Waals surface area contributed by atoms with Gasteiger partial charge in [-0.05, 0) is 50.5 Å². The van der Waals surface area contributed by atoms with Gasteiger partial charge in [0.1, 0.15) is 0 Å². The van der Waals surface area contributed by atoms with E-state index in [1.807, 2.05) is 0 Å². The van der Waals surface area contributed by atoms with Crippen LogP contribution in [0.5, 0.6) is 0 Å². The fourth-order valence-electron chi connectivity index (χ4n) is 3.04. The number of unbranched alkanes of at least 4 members (excludes halogenated alkanes) is 8. The van der Waals surface area contributed by atoms with E-state index in [0.717, 1.165) is 19.3 Å². The molecule has 0 spiro atoms. The van der Waals surface area contributed by atoms with E-state index in [0.29, 0.717) is 6.42 Å². The highest BCUT2D eigenvalue weighted by molar-refractivity contribution is 5.73. The average Bonchev–Trinajstić information content (AvgIpc) is 2.72. The molecule has 1 aromatic rings. The Morgan fingerprint density at radius 1 is 0.759 bits per heavy atom. The second kappa shape index (κ2) is 22.5. The number of benzene rings is 1. The summed E-state index contributed by atoms with van der Waals surface area (Å²) in [6.07, 6.45) is 25.4. The molecule has 0 unspecified atom stereocenters. The lowest BCUT2D eigenvalue weighted by Crippen LogP contribution is -2.09. The Bertz CT molecular complexity index is 519. The van der Waals surface area contributed by atoms with E-state index >= 15 is 0 Å². The minimum absolute atomic E-state index is 0.171. The van der Waals surface area contributed by atoms with Crippen LogP contribution in [-0.4, -0.2) is 5.91 Å². The van der Waals surface area contributed by atoms with Crippen molar-refractivity contribution in [2.45, 2.75) is 104 Å². The van der Waals surface area contributed by atoms with Crippen LogP contribution in [0.15, 0.2) is 54.6 Å². The van der Waals surface area contributed by atoms with Crippen molar-refractivity contribution in [3.8, 4) is 0 Å². The van der Waals surface area contributed by atoms with Crippen molar-refractivity contribution in [3.05, 3.63) is 60.2 Å². The fourth-order valence-corrected chi connectivity index (χ4v) is 3.04. The zero-order chi connectivity index (χ0) is 21.4. The maximum atomic E-state index is 10.5. The monoisotopic (exact) mass is 399 g/mol. The molecule has 1 amide bonds. The van der Waals surface area contributed by atoms with Crippen LogP contribution in [0.1, 0.15) is 103 Å². The fraction of sp³-hybridized carbons (Fsp3) is 0.593. The van der Waals surface area contributed by atoms with Gasteiger partial charge in [-0.15, -0.1) is 0 Å². The first kappa shape index (κ1) is 27.2. The number of nitrogens with two attached hydrogens (primary N) is 1. The summed E-state index contributed by atoms with van der Waals surface area (Å²) in [5.41, 5.74) is 6.54. The van der Waals surface area contributed by atoms with E-state index in [1.54, 1.807) is 0 Å². The number of carbonyl (C=O) groups is 1.